The lowest BCUT2D eigenvalue weighted by atomic mass is 10.1. The van der Waals surface area contributed by atoms with Gasteiger partial charge in [0, 0.05) is 9.92 Å². The molecule has 1 aliphatic carbocycles. The van der Waals surface area contributed by atoms with Gasteiger partial charge in [0.2, 0.25) is 5.89 Å². The van der Waals surface area contributed by atoms with Crippen LogP contribution in [-0.2, 0) is 20.7 Å². The number of thioether (sulfide) groups is 1. The Morgan fingerprint density at radius 2 is 2.33 bits per heavy atom. The number of ether oxygens (including phenoxy) is 1. The van der Waals surface area contributed by atoms with Crippen LogP contribution >= 0.6 is 23.4 Å². The summed E-state index contributed by atoms with van der Waals surface area (Å²) in [7, 11) is 1.37. The Hall–Kier alpha value is -1.53. The summed E-state index contributed by atoms with van der Waals surface area (Å²) < 4.78 is 10.0. The van der Waals surface area contributed by atoms with Gasteiger partial charge in [-0.25, -0.2) is 0 Å². The molecule has 0 radical (unpaired) electrons. The summed E-state index contributed by atoms with van der Waals surface area (Å²) in [5, 5.41) is 4.62. The SMILES string of the molecule is COC(=O)C1(c2nc(CSc3cccc(Cl)c3)no2)CC1. The zero-order valence-electron chi connectivity index (χ0n) is 11.3. The minimum atomic E-state index is -0.708. The van der Waals surface area contributed by atoms with E-state index in [2.05, 4.69) is 10.1 Å². The van der Waals surface area contributed by atoms with Crippen molar-refractivity contribution >= 4 is 29.3 Å². The third kappa shape index (κ3) is 2.91. The second-order valence-electron chi connectivity index (χ2n) is 4.84. The van der Waals surface area contributed by atoms with E-state index in [4.69, 9.17) is 20.9 Å². The molecular weight excluding hydrogens is 312 g/mol. The minimum Gasteiger partial charge on any atom is -0.468 e. The van der Waals surface area contributed by atoms with Gasteiger partial charge in [-0.2, -0.15) is 4.98 Å². The number of carbonyl (C=O) groups excluding carboxylic acids is 1. The summed E-state index contributed by atoms with van der Waals surface area (Å²) in [6.45, 7) is 0. The molecule has 0 spiro atoms. The van der Waals surface area contributed by atoms with Crippen LogP contribution in [0.15, 0.2) is 33.7 Å². The predicted molar refractivity (Wildman–Crippen MR) is 78.2 cm³/mol. The summed E-state index contributed by atoms with van der Waals surface area (Å²) in [6, 6.07) is 7.56. The Labute approximate surface area is 131 Å². The first kappa shape index (κ1) is 14.4. The van der Waals surface area contributed by atoms with Crippen LogP contribution < -0.4 is 0 Å². The van der Waals surface area contributed by atoms with Crippen LogP contribution in [0.2, 0.25) is 5.02 Å². The molecule has 1 aliphatic rings. The number of aromatic nitrogens is 2. The van der Waals surface area contributed by atoms with Crippen molar-refractivity contribution in [3.63, 3.8) is 0 Å². The highest BCUT2D eigenvalue weighted by Crippen LogP contribution is 2.48. The average Bonchev–Trinajstić information content (AvgIpc) is 3.16. The maximum Gasteiger partial charge on any atom is 0.321 e. The van der Waals surface area contributed by atoms with Crippen LogP contribution in [0, 0.1) is 0 Å². The first-order valence-electron chi connectivity index (χ1n) is 6.44. The summed E-state index contributed by atoms with van der Waals surface area (Å²) in [6.07, 6.45) is 1.39. The second kappa shape index (κ2) is 5.69. The van der Waals surface area contributed by atoms with Crippen molar-refractivity contribution in [1.82, 2.24) is 10.1 Å². The Morgan fingerprint density at radius 1 is 1.52 bits per heavy atom. The van der Waals surface area contributed by atoms with E-state index in [-0.39, 0.29) is 5.97 Å². The molecule has 5 nitrogen and oxygen atoms in total. The third-order valence-corrected chi connectivity index (χ3v) is 4.59. The van der Waals surface area contributed by atoms with Gasteiger partial charge in [0.25, 0.3) is 0 Å². The molecule has 21 heavy (non-hydrogen) atoms. The maximum absolute atomic E-state index is 11.8. The monoisotopic (exact) mass is 324 g/mol. The number of halogens is 1. The van der Waals surface area contributed by atoms with Crippen molar-refractivity contribution in [2.45, 2.75) is 28.9 Å². The van der Waals surface area contributed by atoms with Gasteiger partial charge in [-0.1, -0.05) is 22.8 Å². The van der Waals surface area contributed by atoms with Crippen LogP contribution in [0.4, 0.5) is 0 Å². The first-order valence-corrected chi connectivity index (χ1v) is 7.80. The molecular formula is C14H13ClN2O3S. The average molecular weight is 325 g/mol. The van der Waals surface area contributed by atoms with Gasteiger partial charge in [-0.15, -0.1) is 11.8 Å². The molecule has 1 heterocycles. The molecule has 0 amide bonds. The van der Waals surface area contributed by atoms with E-state index >= 15 is 0 Å². The van der Waals surface area contributed by atoms with Crippen molar-refractivity contribution < 1.29 is 14.1 Å². The molecule has 0 saturated heterocycles. The highest BCUT2D eigenvalue weighted by atomic mass is 35.5. The van der Waals surface area contributed by atoms with E-state index in [1.165, 1.54) is 7.11 Å². The molecule has 7 heteroatoms. The molecule has 110 valence electrons. The van der Waals surface area contributed by atoms with Crippen LogP contribution in [0.5, 0.6) is 0 Å². The molecule has 0 N–H and O–H groups in total. The zero-order valence-corrected chi connectivity index (χ0v) is 12.9. The van der Waals surface area contributed by atoms with Gasteiger partial charge in [-0.05, 0) is 31.0 Å². The van der Waals surface area contributed by atoms with Crippen LogP contribution in [0.1, 0.15) is 24.6 Å². The van der Waals surface area contributed by atoms with Gasteiger partial charge in [-0.3, -0.25) is 4.79 Å². The molecule has 0 aliphatic heterocycles. The quantitative estimate of drug-likeness (QED) is 0.621. The molecule has 0 unspecified atom stereocenters. The van der Waals surface area contributed by atoms with E-state index < -0.39 is 5.41 Å². The lowest BCUT2D eigenvalue weighted by Gasteiger charge is -2.05. The number of hydrogen-bond donors (Lipinski definition) is 0. The van der Waals surface area contributed by atoms with E-state index in [9.17, 15) is 4.79 Å². The van der Waals surface area contributed by atoms with Crippen molar-refractivity contribution in [2.75, 3.05) is 7.11 Å². The standard InChI is InChI=1S/C14H13ClN2O3S/c1-19-13(18)14(5-6-14)12-16-11(17-20-12)8-21-10-4-2-3-9(15)7-10/h2-4,7H,5-6,8H2,1H3. The van der Waals surface area contributed by atoms with Crippen molar-refractivity contribution in [3.05, 3.63) is 41.0 Å². The van der Waals surface area contributed by atoms with Gasteiger partial charge < -0.3 is 9.26 Å². The number of esters is 1. The van der Waals surface area contributed by atoms with E-state index in [1.807, 2.05) is 24.3 Å². The molecule has 1 aromatic heterocycles. The highest BCUT2D eigenvalue weighted by molar-refractivity contribution is 7.98. The number of rotatable bonds is 5. The molecule has 0 atom stereocenters. The fraction of sp³-hybridized carbons (Fsp3) is 0.357. The zero-order chi connectivity index (χ0) is 14.9. The minimum absolute atomic E-state index is 0.305. The van der Waals surface area contributed by atoms with Gasteiger partial charge in [0.1, 0.15) is 5.41 Å². The van der Waals surface area contributed by atoms with Crippen LogP contribution in [0.25, 0.3) is 0 Å². The van der Waals surface area contributed by atoms with Gasteiger partial charge in [0.05, 0.1) is 12.9 Å². The van der Waals surface area contributed by atoms with E-state index in [0.29, 0.717) is 35.3 Å². The first-order chi connectivity index (χ1) is 10.1. The molecule has 2 aromatic rings. The number of nitrogens with zero attached hydrogens (tertiary/aromatic N) is 2. The second-order valence-corrected chi connectivity index (χ2v) is 6.32. The predicted octanol–water partition coefficient (Wildman–Crippen LogP) is 3.22. The lowest BCUT2D eigenvalue weighted by Crippen LogP contribution is -2.22. The van der Waals surface area contributed by atoms with Crippen molar-refractivity contribution in [2.24, 2.45) is 0 Å². The number of methoxy groups -OCH3 is 1. The summed E-state index contributed by atoms with van der Waals surface area (Å²) >= 11 is 7.50. The fourth-order valence-corrected chi connectivity index (χ4v) is 3.09. The normalized spacial score (nSPS) is 15.7. The van der Waals surface area contributed by atoms with Crippen molar-refractivity contribution in [1.29, 1.82) is 0 Å². The highest BCUT2D eigenvalue weighted by Gasteiger charge is 2.57. The van der Waals surface area contributed by atoms with Crippen LogP contribution in [-0.4, -0.2) is 23.2 Å². The number of benzene rings is 1. The molecule has 3 rings (SSSR count). The van der Waals surface area contributed by atoms with Crippen LogP contribution in [0.3, 0.4) is 0 Å². The van der Waals surface area contributed by atoms with Crippen molar-refractivity contribution in [3.8, 4) is 0 Å². The largest absolute Gasteiger partial charge is 0.468 e. The Morgan fingerprint density at radius 3 is 3.00 bits per heavy atom. The van der Waals surface area contributed by atoms with Gasteiger partial charge >= 0.3 is 5.97 Å². The molecule has 1 fully saturated rings. The molecule has 1 saturated carbocycles. The van der Waals surface area contributed by atoms with E-state index in [1.54, 1.807) is 11.8 Å². The lowest BCUT2D eigenvalue weighted by molar-refractivity contribution is -0.144. The smallest absolute Gasteiger partial charge is 0.321 e. The Balaban J connectivity index is 1.67. The summed E-state index contributed by atoms with van der Waals surface area (Å²) in [5.41, 5.74) is -0.708. The number of hydrogen-bond acceptors (Lipinski definition) is 6. The molecule has 1 aromatic carbocycles. The topological polar surface area (TPSA) is 65.2 Å². The summed E-state index contributed by atoms with van der Waals surface area (Å²) in [4.78, 5) is 17.1. The molecule has 0 bridgehead atoms. The third-order valence-electron chi connectivity index (χ3n) is 3.37. The van der Waals surface area contributed by atoms with E-state index in [0.717, 1.165) is 4.90 Å². The Bertz CT molecular complexity index is 670. The van der Waals surface area contributed by atoms with Gasteiger partial charge in [0.15, 0.2) is 5.82 Å². The summed E-state index contributed by atoms with van der Waals surface area (Å²) in [5.74, 6) is 1.17. The fourth-order valence-electron chi connectivity index (χ4n) is 2.04. The maximum atomic E-state index is 11.8. The Kier molecular flexibility index (Phi) is 3.91. The number of carbonyl (C=O) groups is 1.